The van der Waals surface area contributed by atoms with Crippen LogP contribution in [0.3, 0.4) is 0 Å². The minimum Gasteiger partial charge on any atom is -0.397 e. The fraction of sp³-hybridized carbons (Fsp3) is 0.600. The molecule has 2 rings (SSSR count). The molecule has 0 saturated heterocycles. The van der Waals surface area contributed by atoms with E-state index in [0.717, 1.165) is 12.8 Å². The number of aromatic nitrogens is 1. The van der Waals surface area contributed by atoms with Crippen molar-refractivity contribution in [2.75, 3.05) is 12.3 Å². The molecule has 21 heavy (non-hydrogen) atoms. The smallest absolute Gasteiger partial charge is 0.267 e. The van der Waals surface area contributed by atoms with Gasteiger partial charge in [-0.1, -0.05) is 0 Å². The maximum atomic E-state index is 12.1. The maximum absolute atomic E-state index is 12.1. The molecule has 6 nitrogen and oxygen atoms in total. The van der Waals surface area contributed by atoms with Gasteiger partial charge in [-0.05, 0) is 39.2 Å². The number of rotatable bonds is 7. The van der Waals surface area contributed by atoms with Crippen LogP contribution in [0.2, 0.25) is 0 Å². The van der Waals surface area contributed by atoms with Gasteiger partial charge >= 0.3 is 0 Å². The van der Waals surface area contributed by atoms with Crippen LogP contribution in [-0.2, 0) is 4.79 Å². The average Bonchev–Trinajstić information content (AvgIpc) is 3.13. The van der Waals surface area contributed by atoms with E-state index in [1.807, 2.05) is 18.4 Å². The van der Waals surface area contributed by atoms with Crippen molar-refractivity contribution in [1.29, 1.82) is 0 Å². The molecular weight excluding hydrogens is 268 g/mol. The van der Waals surface area contributed by atoms with E-state index in [-0.39, 0.29) is 17.9 Å². The van der Waals surface area contributed by atoms with Gasteiger partial charge in [0, 0.05) is 31.2 Å². The molecule has 0 bridgehead atoms. The molecule has 1 aromatic rings. The SMILES string of the molecule is CC(C)n1cc(N)cc1C(=O)NCCCC(=O)NC1CC1. The molecule has 1 aromatic heterocycles. The number of amides is 2. The standard InChI is InChI=1S/C15H24N4O2/c1-10(2)19-9-11(16)8-13(19)15(21)17-7-3-4-14(20)18-12-5-6-12/h8-10,12H,3-7,16H2,1-2H3,(H,17,21)(H,18,20). The summed E-state index contributed by atoms with van der Waals surface area (Å²) in [7, 11) is 0. The first-order valence-electron chi connectivity index (χ1n) is 7.52. The number of hydrogen-bond acceptors (Lipinski definition) is 3. The van der Waals surface area contributed by atoms with Gasteiger partial charge in [0.2, 0.25) is 5.91 Å². The normalized spacial score (nSPS) is 14.2. The molecule has 1 heterocycles. The van der Waals surface area contributed by atoms with Crippen molar-refractivity contribution < 1.29 is 9.59 Å². The van der Waals surface area contributed by atoms with Gasteiger partial charge in [0.15, 0.2) is 0 Å². The molecule has 1 aliphatic carbocycles. The molecular formula is C15H24N4O2. The van der Waals surface area contributed by atoms with Crippen LogP contribution in [0.4, 0.5) is 5.69 Å². The van der Waals surface area contributed by atoms with Crippen LogP contribution in [-0.4, -0.2) is 29.0 Å². The van der Waals surface area contributed by atoms with Gasteiger partial charge in [0.25, 0.3) is 5.91 Å². The summed E-state index contributed by atoms with van der Waals surface area (Å²) in [6.45, 7) is 4.48. The van der Waals surface area contributed by atoms with Crippen LogP contribution in [0.5, 0.6) is 0 Å². The number of carbonyl (C=O) groups excluding carboxylic acids is 2. The first-order chi connectivity index (χ1) is 9.97. The number of carbonyl (C=O) groups is 2. The Bertz CT molecular complexity index is 518. The third-order valence-corrected chi connectivity index (χ3v) is 3.47. The third kappa shape index (κ3) is 4.51. The van der Waals surface area contributed by atoms with Crippen LogP contribution in [0, 0.1) is 0 Å². The highest BCUT2D eigenvalue weighted by Crippen LogP contribution is 2.18. The van der Waals surface area contributed by atoms with Crippen LogP contribution in [0.25, 0.3) is 0 Å². The van der Waals surface area contributed by atoms with Crippen molar-refractivity contribution in [3.05, 3.63) is 18.0 Å². The number of nitrogens with one attached hydrogen (secondary N) is 2. The van der Waals surface area contributed by atoms with E-state index < -0.39 is 0 Å². The number of nitrogens with two attached hydrogens (primary N) is 1. The number of hydrogen-bond donors (Lipinski definition) is 3. The molecule has 0 atom stereocenters. The van der Waals surface area contributed by atoms with Crippen molar-refractivity contribution in [3.8, 4) is 0 Å². The van der Waals surface area contributed by atoms with Gasteiger partial charge in [-0.3, -0.25) is 9.59 Å². The summed E-state index contributed by atoms with van der Waals surface area (Å²) >= 11 is 0. The quantitative estimate of drug-likeness (QED) is 0.664. The van der Waals surface area contributed by atoms with E-state index in [1.54, 1.807) is 12.3 Å². The fourth-order valence-electron chi connectivity index (χ4n) is 2.18. The lowest BCUT2D eigenvalue weighted by atomic mass is 10.2. The Morgan fingerprint density at radius 3 is 2.76 bits per heavy atom. The highest BCUT2D eigenvalue weighted by molar-refractivity contribution is 5.93. The van der Waals surface area contributed by atoms with Crippen molar-refractivity contribution in [2.24, 2.45) is 0 Å². The van der Waals surface area contributed by atoms with E-state index in [4.69, 9.17) is 5.73 Å². The molecule has 0 radical (unpaired) electrons. The van der Waals surface area contributed by atoms with Gasteiger partial charge in [-0.2, -0.15) is 0 Å². The largest absolute Gasteiger partial charge is 0.397 e. The van der Waals surface area contributed by atoms with Gasteiger partial charge in [-0.15, -0.1) is 0 Å². The van der Waals surface area contributed by atoms with E-state index in [1.165, 1.54) is 0 Å². The summed E-state index contributed by atoms with van der Waals surface area (Å²) in [6, 6.07) is 2.24. The molecule has 4 N–H and O–H groups in total. The molecule has 1 fully saturated rings. The topological polar surface area (TPSA) is 89.2 Å². The Hall–Kier alpha value is -1.98. The molecule has 116 valence electrons. The molecule has 6 heteroatoms. The van der Waals surface area contributed by atoms with Crippen molar-refractivity contribution in [1.82, 2.24) is 15.2 Å². The lowest BCUT2D eigenvalue weighted by Crippen LogP contribution is -2.29. The molecule has 0 aliphatic heterocycles. The summed E-state index contributed by atoms with van der Waals surface area (Å²) in [5, 5.41) is 5.77. The number of nitrogens with zero attached hydrogens (tertiary/aromatic N) is 1. The van der Waals surface area contributed by atoms with E-state index in [9.17, 15) is 9.59 Å². The minimum atomic E-state index is -0.150. The van der Waals surface area contributed by atoms with E-state index >= 15 is 0 Å². The van der Waals surface area contributed by atoms with Crippen LogP contribution >= 0.6 is 0 Å². The van der Waals surface area contributed by atoms with Crippen molar-refractivity contribution in [2.45, 2.75) is 51.6 Å². The third-order valence-electron chi connectivity index (χ3n) is 3.47. The van der Waals surface area contributed by atoms with E-state index in [2.05, 4.69) is 10.6 Å². The summed E-state index contributed by atoms with van der Waals surface area (Å²) in [5.41, 5.74) is 6.89. The number of anilines is 1. The summed E-state index contributed by atoms with van der Waals surface area (Å²) in [4.78, 5) is 23.6. The van der Waals surface area contributed by atoms with Gasteiger partial charge < -0.3 is 20.9 Å². The Morgan fingerprint density at radius 1 is 1.43 bits per heavy atom. The van der Waals surface area contributed by atoms with Gasteiger partial charge in [-0.25, -0.2) is 0 Å². The summed E-state index contributed by atoms with van der Waals surface area (Å²) < 4.78 is 1.85. The van der Waals surface area contributed by atoms with Crippen LogP contribution in [0.1, 0.15) is 56.1 Å². The lowest BCUT2D eigenvalue weighted by Gasteiger charge is -2.12. The van der Waals surface area contributed by atoms with Crippen molar-refractivity contribution in [3.63, 3.8) is 0 Å². The average molecular weight is 292 g/mol. The highest BCUT2D eigenvalue weighted by atomic mass is 16.2. The molecule has 0 unspecified atom stereocenters. The lowest BCUT2D eigenvalue weighted by molar-refractivity contribution is -0.121. The second-order valence-electron chi connectivity index (χ2n) is 5.86. The Kier molecular flexibility index (Phi) is 4.88. The minimum absolute atomic E-state index is 0.0709. The molecule has 1 aliphatic rings. The van der Waals surface area contributed by atoms with Crippen molar-refractivity contribution >= 4 is 17.5 Å². The zero-order valence-corrected chi connectivity index (χ0v) is 12.7. The van der Waals surface area contributed by atoms with E-state index in [0.29, 0.717) is 36.8 Å². The Morgan fingerprint density at radius 2 is 2.14 bits per heavy atom. The first-order valence-corrected chi connectivity index (χ1v) is 7.52. The second-order valence-corrected chi connectivity index (χ2v) is 5.86. The monoisotopic (exact) mass is 292 g/mol. The first kappa shape index (κ1) is 15.4. The van der Waals surface area contributed by atoms with Crippen LogP contribution in [0.15, 0.2) is 12.3 Å². The highest BCUT2D eigenvalue weighted by Gasteiger charge is 2.22. The zero-order chi connectivity index (χ0) is 15.4. The summed E-state index contributed by atoms with van der Waals surface area (Å²) in [6.07, 6.45) is 5.04. The summed E-state index contributed by atoms with van der Waals surface area (Å²) in [5.74, 6) is -0.0791. The van der Waals surface area contributed by atoms with Gasteiger partial charge in [0.05, 0.1) is 5.69 Å². The molecule has 1 saturated carbocycles. The predicted octanol–water partition coefficient (Wildman–Crippen LogP) is 1.44. The number of nitrogen functional groups attached to an aromatic ring is 1. The Balaban J connectivity index is 1.75. The fourth-order valence-corrected chi connectivity index (χ4v) is 2.18. The predicted molar refractivity (Wildman–Crippen MR) is 82.0 cm³/mol. The Labute approximate surface area is 125 Å². The van der Waals surface area contributed by atoms with Gasteiger partial charge in [0.1, 0.15) is 5.69 Å². The zero-order valence-electron chi connectivity index (χ0n) is 12.7. The molecule has 0 aromatic carbocycles. The second kappa shape index (κ2) is 6.65. The maximum Gasteiger partial charge on any atom is 0.267 e. The van der Waals surface area contributed by atoms with Crippen LogP contribution < -0.4 is 16.4 Å². The molecule has 2 amide bonds. The molecule has 0 spiro atoms.